The number of ether oxygens (including phenoxy) is 1. The van der Waals surface area contributed by atoms with Crippen LogP contribution in [0.3, 0.4) is 0 Å². The van der Waals surface area contributed by atoms with E-state index in [9.17, 15) is 4.79 Å². The Labute approximate surface area is 108 Å². The van der Waals surface area contributed by atoms with E-state index in [4.69, 9.17) is 4.74 Å². The highest BCUT2D eigenvalue weighted by Crippen LogP contribution is 2.25. The summed E-state index contributed by atoms with van der Waals surface area (Å²) in [6, 6.07) is 6.05. The molecule has 1 aromatic carbocycles. The van der Waals surface area contributed by atoms with Crippen molar-refractivity contribution in [2.24, 2.45) is 0 Å². The molecule has 0 saturated carbocycles. The van der Waals surface area contributed by atoms with Crippen LogP contribution in [0.15, 0.2) is 23.0 Å². The first kappa shape index (κ1) is 11.3. The van der Waals surface area contributed by atoms with Gasteiger partial charge in [-0.05, 0) is 42.2 Å². The molecule has 0 fully saturated rings. The number of fused-ring (bicyclic) bond motifs is 1. The van der Waals surface area contributed by atoms with Crippen LogP contribution in [-0.4, -0.2) is 11.6 Å². The van der Waals surface area contributed by atoms with Gasteiger partial charge < -0.3 is 9.72 Å². The molecule has 1 aliphatic heterocycles. The van der Waals surface area contributed by atoms with E-state index in [-0.39, 0.29) is 5.56 Å². The number of hydrogen-bond acceptors (Lipinski definition) is 3. The van der Waals surface area contributed by atoms with Crippen molar-refractivity contribution in [1.29, 1.82) is 0 Å². The van der Waals surface area contributed by atoms with Crippen molar-refractivity contribution >= 4 is 24.0 Å². The van der Waals surface area contributed by atoms with Crippen LogP contribution in [0.1, 0.15) is 17.5 Å². The molecule has 1 N–H and O–H groups in total. The Morgan fingerprint density at radius 1 is 1.44 bits per heavy atom. The second-order valence-electron chi connectivity index (χ2n) is 4.31. The lowest BCUT2D eigenvalue weighted by molar-refractivity contribution is 0.288. The molecule has 0 bridgehead atoms. The third-order valence-corrected chi connectivity index (χ3v) is 3.81. The molecule has 0 unspecified atom stereocenters. The third-order valence-electron chi connectivity index (χ3n) is 2.94. The van der Waals surface area contributed by atoms with Crippen LogP contribution in [0.5, 0.6) is 5.75 Å². The SMILES string of the molecule is C=c1[nH]c(=O)/c(=C/c2ccc3c(c2)CCCO3)s1. The van der Waals surface area contributed by atoms with Gasteiger partial charge in [0.15, 0.2) is 0 Å². The summed E-state index contributed by atoms with van der Waals surface area (Å²) in [5, 5.41) is 0. The van der Waals surface area contributed by atoms with Crippen molar-refractivity contribution in [2.45, 2.75) is 12.8 Å². The Morgan fingerprint density at radius 2 is 2.33 bits per heavy atom. The Balaban J connectivity index is 2.08. The van der Waals surface area contributed by atoms with Crippen molar-refractivity contribution < 1.29 is 4.74 Å². The van der Waals surface area contributed by atoms with E-state index >= 15 is 0 Å². The van der Waals surface area contributed by atoms with Crippen molar-refractivity contribution in [1.82, 2.24) is 4.98 Å². The van der Waals surface area contributed by atoms with Crippen LogP contribution < -0.4 is 19.5 Å². The molecule has 0 amide bonds. The topological polar surface area (TPSA) is 42.1 Å². The van der Waals surface area contributed by atoms with Gasteiger partial charge in [0.2, 0.25) is 0 Å². The fraction of sp³-hybridized carbons (Fsp3) is 0.214. The van der Waals surface area contributed by atoms with E-state index in [1.165, 1.54) is 16.9 Å². The molecule has 3 nitrogen and oxygen atoms in total. The number of thiazole rings is 1. The van der Waals surface area contributed by atoms with Gasteiger partial charge in [0.25, 0.3) is 5.56 Å². The zero-order chi connectivity index (χ0) is 12.5. The molecule has 0 aliphatic carbocycles. The molecule has 0 saturated heterocycles. The summed E-state index contributed by atoms with van der Waals surface area (Å²) in [7, 11) is 0. The maximum Gasteiger partial charge on any atom is 0.266 e. The standard InChI is InChI=1S/C14H13NO2S/c1-9-15-14(16)13(18-9)8-10-4-5-12-11(7-10)3-2-6-17-12/h4-5,7-8H,1-3,6H2,(H,15,16)/b13-8-. The second kappa shape index (κ2) is 4.46. The molecule has 0 spiro atoms. The predicted molar refractivity (Wildman–Crippen MR) is 73.5 cm³/mol. The van der Waals surface area contributed by atoms with Gasteiger partial charge in [-0.1, -0.05) is 12.6 Å². The van der Waals surface area contributed by atoms with Gasteiger partial charge in [-0.3, -0.25) is 4.79 Å². The maximum absolute atomic E-state index is 11.6. The molecule has 92 valence electrons. The van der Waals surface area contributed by atoms with E-state index in [0.29, 0.717) is 9.20 Å². The van der Waals surface area contributed by atoms with E-state index in [1.54, 1.807) is 0 Å². The number of rotatable bonds is 1. The van der Waals surface area contributed by atoms with Gasteiger partial charge >= 0.3 is 0 Å². The smallest absolute Gasteiger partial charge is 0.266 e. The summed E-state index contributed by atoms with van der Waals surface area (Å²) < 4.78 is 6.95. The number of aromatic amines is 1. The molecule has 0 atom stereocenters. The van der Waals surface area contributed by atoms with E-state index in [1.807, 2.05) is 18.2 Å². The van der Waals surface area contributed by atoms with Crippen molar-refractivity contribution in [3.8, 4) is 5.75 Å². The van der Waals surface area contributed by atoms with E-state index in [0.717, 1.165) is 30.8 Å². The highest BCUT2D eigenvalue weighted by atomic mass is 32.1. The Kier molecular flexibility index (Phi) is 2.80. The Hall–Kier alpha value is -1.81. The molecule has 1 aliphatic rings. The number of aromatic nitrogens is 1. The zero-order valence-electron chi connectivity index (χ0n) is 9.86. The number of nitrogens with one attached hydrogen (secondary N) is 1. The minimum Gasteiger partial charge on any atom is -0.493 e. The number of benzene rings is 1. The number of aryl methyl sites for hydroxylation is 1. The summed E-state index contributed by atoms with van der Waals surface area (Å²) in [6.07, 6.45) is 3.99. The summed E-state index contributed by atoms with van der Waals surface area (Å²) in [6.45, 7) is 4.53. The molecule has 4 heteroatoms. The van der Waals surface area contributed by atoms with Crippen molar-refractivity contribution in [2.75, 3.05) is 6.61 Å². The van der Waals surface area contributed by atoms with Gasteiger partial charge in [0.05, 0.1) is 15.8 Å². The first-order valence-corrected chi connectivity index (χ1v) is 6.69. The highest BCUT2D eigenvalue weighted by Gasteiger charge is 2.09. The average Bonchev–Trinajstić information content (AvgIpc) is 2.68. The Morgan fingerprint density at radius 3 is 3.11 bits per heavy atom. The molecule has 1 aromatic heterocycles. The van der Waals surface area contributed by atoms with Crippen LogP contribution in [0.2, 0.25) is 0 Å². The van der Waals surface area contributed by atoms with Crippen LogP contribution in [-0.2, 0) is 6.42 Å². The Bertz CT molecular complexity index is 742. The van der Waals surface area contributed by atoms with Gasteiger partial charge in [0.1, 0.15) is 5.75 Å². The minimum atomic E-state index is -0.0704. The molecular weight excluding hydrogens is 246 g/mol. The summed E-state index contributed by atoms with van der Waals surface area (Å²) in [4.78, 5) is 14.3. The molecule has 2 aromatic rings. The second-order valence-corrected chi connectivity index (χ2v) is 5.44. The molecule has 3 rings (SSSR count). The fourth-order valence-electron chi connectivity index (χ4n) is 2.11. The van der Waals surface area contributed by atoms with Crippen LogP contribution >= 0.6 is 11.3 Å². The lowest BCUT2D eigenvalue weighted by atomic mass is 10.0. The molecule has 2 heterocycles. The lowest BCUT2D eigenvalue weighted by Gasteiger charge is -2.17. The normalized spacial score (nSPS) is 15.2. The van der Waals surface area contributed by atoms with Crippen LogP contribution in [0.4, 0.5) is 0 Å². The molecule has 0 radical (unpaired) electrons. The summed E-state index contributed by atoms with van der Waals surface area (Å²) >= 11 is 1.38. The molecular formula is C14H13NO2S. The first-order valence-electron chi connectivity index (χ1n) is 5.88. The average molecular weight is 259 g/mol. The first-order chi connectivity index (χ1) is 8.72. The minimum absolute atomic E-state index is 0.0704. The van der Waals surface area contributed by atoms with Crippen molar-refractivity contribution in [3.63, 3.8) is 0 Å². The quantitative estimate of drug-likeness (QED) is 0.830. The summed E-state index contributed by atoms with van der Waals surface area (Å²) in [5.74, 6) is 0.969. The largest absolute Gasteiger partial charge is 0.493 e. The monoisotopic (exact) mass is 259 g/mol. The van der Waals surface area contributed by atoms with Gasteiger partial charge in [-0.2, -0.15) is 0 Å². The van der Waals surface area contributed by atoms with Gasteiger partial charge in [-0.15, -0.1) is 11.3 Å². The number of hydrogen-bond donors (Lipinski definition) is 1. The molecule has 18 heavy (non-hydrogen) atoms. The predicted octanol–water partition coefficient (Wildman–Crippen LogP) is 1.00. The zero-order valence-corrected chi connectivity index (χ0v) is 10.7. The maximum atomic E-state index is 11.6. The van der Waals surface area contributed by atoms with E-state index < -0.39 is 0 Å². The van der Waals surface area contributed by atoms with E-state index in [2.05, 4.69) is 17.6 Å². The van der Waals surface area contributed by atoms with Gasteiger partial charge in [-0.25, -0.2) is 0 Å². The third kappa shape index (κ3) is 2.11. The number of H-pyrrole nitrogens is 1. The van der Waals surface area contributed by atoms with Crippen LogP contribution in [0.25, 0.3) is 12.7 Å². The summed E-state index contributed by atoms with van der Waals surface area (Å²) in [5.41, 5.74) is 2.18. The van der Waals surface area contributed by atoms with Crippen LogP contribution in [0, 0.1) is 0 Å². The fourth-order valence-corrected chi connectivity index (χ4v) is 2.86. The lowest BCUT2D eigenvalue weighted by Crippen LogP contribution is -2.19. The van der Waals surface area contributed by atoms with Gasteiger partial charge in [0, 0.05) is 0 Å². The van der Waals surface area contributed by atoms with Crippen molar-refractivity contribution in [3.05, 3.63) is 48.9 Å². The highest BCUT2D eigenvalue weighted by molar-refractivity contribution is 7.07.